The first-order chi connectivity index (χ1) is 16.1. The number of aromatic nitrogens is 2. The first-order valence-electron chi connectivity index (χ1n) is 9.75. The number of thiophene rings is 1. The fraction of sp³-hybridized carbons (Fsp3) is 0.136. The number of hydrogen-bond acceptors (Lipinski definition) is 6. The van der Waals surface area contributed by atoms with Crippen LogP contribution in [0.15, 0.2) is 59.7 Å². The summed E-state index contributed by atoms with van der Waals surface area (Å²) in [5, 5.41) is 13.2. The van der Waals surface area contributed by atoms with Crippen molar-refractivity contribution in [2.45, 2.75) is 19.6 Å². The van der Waals surface area contributed by atoms with E-state index in [4.69, 9.17) is 0 Å². The minimum absolute atomic E-state index is 0.325. The van der Waals surface area contributed by atoms with Crippen molar-refractivity contribution in [3.8, 4) is 10.4 Å². The standard InChI is InChI=1S/C22H15F3N4O4S/c1-12-18-20(34-19(12)13-5-3-2-4-6-13)26-11-28(21(18)31)10-17(30)27-16-8-7-14(29(32)33)9-15(16)22(23,24)25/h2-9,11H,10H2,1H3,(H,27,30). The number of hydrogen-bond donors (Lipinski definition) is 1. The smallest absolute Gasteiger partial charge is 0.324 e. The number of rotatable bonds is 5. The van der Waals surface area contributed by atoms with E-state index in [1.165, 1.54) is 11.3 Å². The number of nitrogens with zero attached hydrogens (tertiary/aromatic N) is 3. The van der Waals surface area contributed by atoms with Gasteiger partial charge in [-0.1, -0.05) is 30.3 Å². The van der Waals surface area contributed by atoms with Crippen LogP contribution in [0, 0.1) is 17.0 Å². The molecule has 0 aliphatic rings. The number of amides is 1. The van der Waals surface area contributed by atoms with Gasteiger partial charge in [0, 0.05) is 17.0 Å². The number of carbonyl (C=O) groups excluding carboxylic acids is 1. The molecule has 0 spiro atoms. The molecule has 0 aliphatic heterocycles. The molecule has 4 rings (SSSR count). The Labute approximate surface area is 193 Å². The van der Waals surface area contributed by atoms with Crippen LogP contribution in [0.4, 0.5) is 24.5 Å². The number of benzene rings is 2. The van der Waals surface area contributed by atoms with Gasteiger partial charge in [0.1, 0.15) is 11.4 Å². The summed E-state index contributed by atoms with van der Waals surface area (Å²) in [6.45, 7) is 1.17. The number of halogens is 3. The molecule has 0 radical (unpaired) electrons. The highest BCUT2D eigenvalue weighted by Gasteiger charge is 2.35. The van der Waals surface area contributed by atoms with Gasteiger partial charge in [-0.2, -0.15) is 13.2 Å². The Bertz CT molecular complexity index is 1480. The van der Waals surface area contributed by atoms with Gasteiger partial charge in [0.25, 0.3) is 11.2 Å². The van der Waals surface area contributed by atoms with Crippen molar-refractivity contribution in [1.29, 1.82) is 0 Å². The van der Waals surface area contributed by atoms with E-state index in [1.807, 2.05) is 30.3 Å². The van der Waals surface area contributed by atoms with Gasteiger partial charge in [-0.05, 0) is 24.1 Å². The van der Waals surface area contributed by atoms with Gasteiger partial charge >= 0.3 is 6.18 Å². The lowest BCUT2D eigenvalue weighted by Crippen LogP contribution is -2.28. The fourth-order valence-corrected chi connectivity index (χ4v) is 4.62. The maximum atomic E-state index is 13.4. The SMILES string of the molecule is Cc1c(-c2ccccc2)sc2ncn(CC(=O)Nc3ccc([N+](=O)[O-])cc3C(F)(F)F)c(=O)c12. The Kier molecular flexibility index (Phi) is 5.92. The quantitative estimate of drug-likeness (QED) is 0.314. The third-order valence-corrected chi connectivity index (χ3v) is 6.31. The number of fused-ring (bicyclic) bond motifs is 1. The molecule has 12 heteroatoms. The number of non-ortho nitro benzene ring substituents is 1. The van der Waals surface area contributed by atoms with E-state index in [1.54, 1.807) is 6.92 Å². The lowest BCUT2D eigenvalue weighted by Gasteiger charge is -2.14. The van der Waals surface area contributed by atoms with Gasteiger partial charge in [0.2, 0.25) is 5.91 Å². The highest BCUT2D eigenvalue weighted by molar-refractivity contribution is 7.22. The summed E-state index contributed by atoms with van der Waals surface area (Å²) in [6.07, 6.45) is -3.77. The van der Waals surface area contributed by atoms with Crippen molar-refractivity contribution in [2.24, 2.45) is 0 Å². The Morgan fingerprint density at radius 2 is 1.91 bits per heavy atom. The van der Waals surface area contributed by atoms with Gasteiger partial charge in [-0.25, -0.2) is 4.98 Å². The number of alkyl halides is 3. The van der Waals surface area contributed by atoms with Crippen molar-refractivity contribution >= 4 is 38.8 Å². The Balaban J connectivity index is 1.64. The molecule has 4 aromatic rings. The molecule has 8 nitrogen and oxygen atoms in total. The van der Waals surface area contributed by atoms with Gasteiger partial charge in [-0.3, -0.25) is 24.3 Å². The summed E-state index contributed by atoms with van der Waals surface area (Å²) in [4.78, 5) is 40.9. The van der Waals surface area contributed by atoms with Crippen LogP contribution >= 0.6 is 11.3 Å². The van der Waals surface area contributed by atoms with Crippen LogP contribution in [0.25, 0.3) is 20.7 Å². The number of nitrogens with one attached hydrogen (secondary N) is 1. The van der Waals surface area contributed by atoms with Crippen LogP contribution in [0.2, 0.25) is 0 Å². The molecule has 0 atom stereocenters. The number of carbonyl (C=O) groups is 1. The molecule has 174 valence electrons. The average Bonchev–Trinajstić information content (AvgIpc) is 3.12. The molecule has 34 heavy (non-hydrogen) atoms. The Morgan fingerprint density at radius 3 is 2.56 bits per heavy atom. The van der Waals surface area contributed by atoms with Gasteiger partial charge < -0.3 is 5.32 Å². The molecule has 0 aliphatic carbocycles. The van der Waals surface area contributed by atoms with E-state index in [9.17, 15) is 32.9 Å². The molecule has 0 fully saturated rings. The van der Waals surface area contributed by atoms with Crippen molar-refractivity contribution in [1.82, 2.24) is 9.55 Å². The van der Waals surface area contributed by atoms with Crippen LogP contribution in [0.1, 0.15) is 11.1 Å². The van der Waals surface area contributed by atoms with E-state index in [0.29, 0.717) is 21.8 Å². The molecule has 1 amide bonds. The first-order valence-corrected chi connectivity index (χ1v) is 10.6. The third kappa shape index (κ3) is 4.39. The molecular weight excluding hydrogens is 473 g/mol. The maximum absolute atomic E-state index is 13.4. The average molecular weight is 488 g/mol. The zero-order valence-corrected chi connectivity index (χ0v) is 18.2. The normalized spacial score (nSPS) is 11.5. The van der Waals surface area contributed by atoms with Crippen molar-refractivity contribution in [2.75, 3.05) is 5.32 Å². The van der Waals surface area contributed by atoms with E-state index < -0.39 is 46.0 Å². The molecule has 1 N–H and O–H groups in total. The maximum Gasteiger partial charge on any atom is 0.418 e. The minimum atomic E-state index is -4.94. The van der Waals surface area contributed by atoms with Crippen molar-refractivity contribution in [3.63, 3.8) is 0 Å². The summed E-state index contributed by atoms with van der Waals surface area (Å²) < 4.78 is 41.1. The monoisotopic (exact) mass is 488 g/mol. The van der Waals surface area contributed by atoms with E-state index in [-0.39, 0.29) is 0 Å². The van der Waals surface area contributed by atoms with E-state index in [0.717, 1.165) is 33.5 Å². The number of nitro groups is 1. The van der Waals surface area contributed by atoms with Gasteiger partial charge in [-0.15, -0.1) is 11.3 Å². The molecule has 0 bridgehead atoms. The highest BCUT2D eigenvalue weighted by Crippen LogP contribution is 2.37. The predicted octanol–water partition coefficient (Wildman–Crippen LogP) is 5.00. The number of nitro benzene ring substituents is 1. The van der Waals surface area contributed by atoms with Crippen LogP contribution < -0.4 is 10.9 Å². The summed E-state index contributed by atoms with van der Waals surface area (Å²) in [5.41, 5.74) is -1.69. The third-order valence-electron chi connectivity index (χ3n) is 5.06. The van der Waals surface area contributed by atoms with Crippen molar-refractivity contribution < 1.29 is 22.9 Å². The largest absolute Gasteiger partial charge is 0.418 e. The molecule has 0 saturated heterocycles. The molecule has 2 aromatic heterocycles. The molecular formula is C22H15F3N4O4S. The minimum Gasteiger partial charge on any atom is -0.324 e. The van der Waals surface area contributed by atoms with Crippen molar-refractivity contribution in [3.05, 3.63) is 86.5 Å². The fourth-order valence-electron chi connectivity index (χ4n) is 3.47. The van der Waals surface area contributed by atoms with E-state index in [2.05, 4.69) is 10.3 Å². The summed E-state index contributed by atoms with van der Waals surface area (Å²) in [7, 11) is 0. The van der Waals surface area contributed by atoms with Crippen LogP contribution in [0.5, 0.6) is 0 Å². The Morgan fingerprint density at radius 1 is 1.21 bits per heavy atom. The van der Waals surface area contributed by atoms with Crippen LogP contribution in [0.3, 0.4) is 0 Å². The second-order valence-electron chi connectivity index (χ2n) is 7.31. The van der Waals surface area contributed by atoms with Gasteiger partial charge in [0.15, 0.2) is 0 Å². The number of aryl methyl sites for hydroxylation is 1. The second kappa shape index (κ2) is 8.71. The highest BCUT2D eigenvalue weighted by atomic mass is 32.1. The first kappa shape index (κ1) is 23.1. The topological polar surface area (TPSA) is 107 Å². The summed E-state index contributed by atoms with van der Waals surface area (Å²) in [5.74, 6) is -0.918. The van der Waals surface area contributed by atoms with E-state index >= 15 is 0 Å². The lowest BCUT2D eigenvalue weighted by molar-refractivity contribution is -0.385. The van der Waals surface area contributed by atoms with Crippen LogP contribution in [-0.4, -0.2) is 20.4 Å². The molecule has 0 saturated carbocycles. The van der Waals surface area contributed by atoms with Gasteiger partial charge in [0.05, 0.1) is 27.9 Å². The summed E-state index contributed by atoms with van der Waals surface area (Å²) >= 11 is 1.32. The Hall–Kier alpha value is -4.06. The lowest BCUT2D eigenvalue weighted by atomic mass is 10.1. The number of anilines is 1. The molecule has 0 unspecified atom stereocenters. The summed E-state index contributed by atoms with van der Waals surface area (Å²) in [6, 6.07) is 11.4. The second-order valence-corrected chi connectivity index (χ2v) is 8.31. The molecule has 2 heterocycles. The molecule has 2 aromatic carbocycles. The predicted molar refractivity (Wildman–Crippen MR) is 121 cm³/mol. The van der Waals surface area contributed by atoms with Crippen LogP contribution in [-0.2, 0) is 17.5 Å². The zero-order valence-electron chi connectivity index (χ0n) is 17.4. The zero-order chi connectivity index (χ0) is 24.6.